The molecule has 0 aliphatic heterocycles. The van der Waals surface area contributed by atoms with Crippen LogP contribution in [0.3, 0.4) is 0 Å². The summed E-state index contributed by atoms with van der Waals surface area (Å²) in [6.45, 7) is 0.0258. The van der Waals surface area contributed by atoms with Gasteiger partial charge in [0.1, 0.15) is 6.29 Å². The zero-order valence-corrected chi connectivity index (χ0v) is 9.01. The number of carbonyl (C=O) groups is 2. The Hall–Kier alpha value is -2.04. The molecule has 1 aromatic rings. The maximum atomic E-state index is 11.4. The third kappa shape index (κ3) is 3.61. The van der Waals surface area contributed by atoms with Crippen molar-refractivity contribution >= 4 is 17.9 Å². The fraction of sp³-hybridized carbons (Fsp3) is 0.273. The zero-order chi connectivity index (χ0) is 11.8. The van der Waals surface area contributed by atoms with Crippen LogP contribution in [0, 0.1) is 0 Å². The van der Waals surface area contributed by atoms with Gasteiger partial charge in [-0.15, -0.1) is 0 Å². The van der Waals surface area contributed by atoms with Crippen molar-refractivity contribution in [3.8, 4) is 0 Å². The lowest BCUT2D eigenvalue weighted by Gasteiger charge is -2.04. The molecule has 16 heavy (non-hydrogen) atoms. The minimum atomic E-state index is -0.238. The van der Waals surface area contributed by atoms with E-state index in [-0.39, 0.29) is 18.9 Å². The largest absolute Gasteiger partial charge is 0.349 e. The first-order valence-corrected chi connectivity index (χ1v) is 4.85. The summed E-state index contributed by atoms with van der Waals surface area (Å²) in [6.07, 6.45) is 2.41. The average molecular weight is 219 g/mol. The molecular weight excluding hydrogens is 206 g/mol. The van der Waals surface area contributed by atoms with Crippen molar-refractivity contribution in [2.75, 3.05) is 13.6 Å². The molecule has 0 unspecified atom stereocenters. The lowest BCUT2D eigenvalue weighted by molar-refractivity contribution is -0.121. The van der Waals surface area contributed by atoms with Crippen LogP contribution in [0.25, 0.3) is 0 Å². The highest BCUT2D eigenvalue weighted by molar-refractivity contribution is 6.09. The normalized spacial score (nSPS) is 10.9. The maximum Gasteiger partial charge on any atom is 0.226 e. The Balaban J connectivity index is 2.64. The summed E-state index contributed by atoms with van der Waals surface area (Å²) in [5.41, 5.74) is 1.27. The van der Waals surface area contributed by atoms with E-state index < -0.39 is 0 Å². The van der Waals surface area contributed by atoms with Gasteiger partial charge in [-0.1, -0.05) is 6.07 Å². The second-order valence-corrected chi connectivity index (χ2v) is 3.03. The molecule has 0 saturated heterocycles. The first kappa shape index (κ1) is 12.0. The third-order valence-electron chi connectivity index (χ3n) is 1.94. The predicted octanol–water partition coefficient (Wildman–Crippen LogP) is 0.206. The third-order valence-corrected chi connectivity index (χ3v) is 1.94. The lowest BCUT2D eigenvalue weighted by Crippen LogP contribution is -2.27. The minimum Gasteiger partial charge on any atom is -0.349 e. The molecule has 0 saturated carbocycles. The Labute approximate surface area is 93.6 Å². The van der Waals surface area contributed by atoms with Gasteiger partial charge < -0.3 is 10.1 Å². The van der Waals surface area contributed by atoms with Crippen molar-refractivity contribution in [1.29, 1.82) is 0 Å². The predicted molar refractivity (Wildman–Crippen MR) is 60.4 cm³/mol. The Morgan fingerprint density at radius 3 is 2.94 bits per heavy atom. The lowest BCUT2D eigenvalue weighted by atomic mass is 10.1. The van der Waals surface area contributed by atoms with Crippen LogP contribution in [0.4, 0.5) is 0 Å². The summed E-state index contributed by atoms with van der Waals surface area (Å²) in [7, 11) is 1.61. The van der Waals surface area contributed by atoms with Crippen molar-refractivity contribution in [1.82, 2.24) is 10.3 Å². The topological polar surface area (TPSA) is 71.4 Å². The van der Waals surface area contributed by atoms with E-state index in [0.29, 0.717) is 17.7 Å². The molecule has 0 bridgehead atoms. The molecule has 1 rings (SSSR count). The summed E-state index contributed by atoms with van der Waals surface area (Å²) in [5.74, 6) is -0.238. The molecule has 5 heteroatoms. The smallest absolute Gasteiger partial charge is 0.226 e. The Bertz CT molecular complexity index is 387. The number of nitrogens with zero attached hydrogens (tertiary/aromatic N) is 2. The highest BCUT2D eigenvalue weighted by atomic mass is 16.2. The van der Waals surface area contributed by atoms with Gasteiger partial charge in [-0.05, 0) is 12.1 Å². The molecular formula is C11H13N3O2. The SMILES string of the molecule is CN=C(CC(=O)NCC=O)c1ccccn1. The second kappa shape index (κ2) is 6.44. The first-order valence-electron chi connectivity index (χ1n) is 4.85. The molecule has 0 radical (unpaired) electrons. The van der Waals surface area contributed by atoms with E-state index in [1.54, 1.807) is 25.4 Å². The highest BCUT2D eigenvalue weighted by Crippen LogP contribution is 2.00. The Kier molecular flexibility index (Phi) is 4.85. The Morgan fingerprint density at radius 1 is 1.56 bits per heavy atom. The number of pyridine rings is 1. The van der Waals surface area contributed by atoms with Crippen molar-refractivity contribution in [2.45, 2.75) is 6.42 Å². The molecule has 84 valence electrons. The van der Waals surface area contributed by atoms with E-state index in [0.717, 1.165) is 0 Å². The van der Waals surface area contributed by atoms with Crippen LogP contribution in [0.15, 0.2) is 29.4 Å². The number of hydrogen-bond acceptors (Lipinski definition) is 4. The van der Waals surface area contributed by atoms with Gasteiger partial charge >= 0.3 is 0 Å². The van der Waals surface area contributed by atoms with Crippen LogP contribution in [0.2, 0.25) is 0 Å². The number of nitrogens with one attached hydrogen (secondary N) is 1. The fourth-order valence-corrected chi connectivity index (χ4v) is 1.19. The summed E-state index contributed by atoms with van der Waals surface area (Å²) < 4.78 is 0. The van der Waals surface area contributed by atoms with Crippen LogP contribution < -0.4 is 5.32 Å². The molecule has 0 aromatic carbocycles. The van der Waals surface area contributed by atoms with Gasteiger partial charge in [0.2, 0.25) is 5.91 Å². The molecule has 0 aliphatic rings. The maximum absolute atomic E-state index is 11.4. The van der Waals surface area contributed by atoms with Crippen molar-refractivity contribution in [3.63, 3.8) is 0 Å². The number of carbonyl (C=O) groups excluding carboxylic acids is 2. The highest BCUT2D eigenvalue weighted by Gasteiger charge is 2.09. The molecule has 1 heterocycles. The van der Waals surface area contributed by atoms with E-state index in [1.165, 1.54) is 0 Å². The standard InChI is InChI=1S/C11H13N3O2/c1-12-10(8-11(16)14-6-7-15)9-4-2-3-5-13-9/h2-5,7H,6,8H2,1H3,(H,14,16). The minimum absolute atomic E-state index is 0.0258. The molecule has 1 amide bonds. The molecule has 0 spiro atoms. The van der Waals surface area contributed by atoms with Gasteiger partial charge in [-0.3, -0.25) is 14.8 Å². The van der Waals surface area contributed by atoms with Gasteiger partial charge in [0, 0.05) is 13.2 Å². The monoisotopic (exact) mass is 219 g/mol. The summed E-state index contributed by atoms with van der Waals surface area (Å²) in [5, 5.41) is 2.45. The van der Waals surface area contributed by atoms with E-state index in [2.05, 4.69) is 15.3 Å². The number of aldehydes is 1. The summed E-state index contributed by atoms with van der Waals surface area (Å²) in [6, 6.07) is 5.41. The average Bonchev–Trinajstić information content (AvgIpc) is 2.34. The molecule has 0 atom stereocenters. The number of rotatable bonds is 5. The van der Waals surface area contributed by atoms with Crippen molar-refractivity contribution in [3.05, 3.63) is 30.1 Å². The van der Waals surface area contributed by atoms with Crippen LogP contribution >= 0.6 is 0 Å². The van der Waals surface area contributed by atoms with E-state index in [1.807, 2.05) is 6.07 Å². The van der Waals surface area contributed by atoms with E-state index in [9.17, 15) is 9.59 Å². The molecule has 1 aromatic heterocycles. The number of hydrogen-bond donors (Lipinski definition) is 1. The first-order chi connectivity index (χ1) is 7.77. The molecule has 1 N–H and O–H groups in total. The molecule has 0 fully saturated rings. The van der Waals surface area contributed by atoms with Crippen LogP contribution in [-0.2, 0) is 9.59 Å². The summed E-state index contributed by atoms with van der Waals surface area (Å²) in [4.78, 5) is 29.6. The molecule has 5 nitrogen and oxygen atoms in total. The van der Waals surface area contributed by atoms with Gasteiger partial charge in [0.15, 0.2) is 0 Å². The molecule has 0 aliphatic carbocycles. The van der Waals surface area contributed by atoms with Gasteiger partial charge in [-0.2, -0.15) is 0 Å². The van der Waals surface area contributed by atoms with Crippen LogP contribution in [0.1, 0.15) is 12.1 Å². The number of aliphatic imine (C=N–C) groups is 1. The van der Waals surface area contributed by atoms with Crippen LogP contribution in [0.5, 0.6) is 0 Å². The second-order valence-electron chi connectivity index (χ2n) is 3.03. The zero-order valence-electron chi connectivity index (χ0n) is 9.01. The number of aromatic nitrogens is 1. The summed E-state index contributed by atoms with van der Waals surface area (Å²) >= 11 is 0. The Morgan fingerprint density at radius 2 is 2.38 bits per heavy atom. The van der Waals surface area contributed by atoms with Crippen molar-refractivity contribution < 1.29 is 9.59 Å². The van der Waals surface area contributed by atoms with Crippen molar-refractivity contribution in [2.24, 2.45) is 4.99 Å². The van der Waals surface area contributed by atoms with E-state index >= 15 is 0 Å². The van der Waals surface area contributed by atoms with Gasteiger partial charge in [-0.25, -0.2) is 0 Å². The van der Waals surface area contributed by atoms with Gasteiger partial charge in [0.05, 0.1) is 24.4 Å². The number of amides is 1. The van der Waals surface area contributed by atoms with Crippen LogP contribution in [-0.4, -0.2) is 36.5 Å². The van der Waals surface area contributed by atoms with E-state index in [4.69, 9.17) is 0 Å². The quantitative estimate of drug-likeness (QED) is 0.568. The van der Waals surface area contributed by atoms with Gasteiger partial charge in [0.25, 0.3) is 0 Å². The fourth-order valence-electron chi connectivity index (χ4n) is 1.19.